The summed E-state index contributed by atoms with van der Waals surface area (Å²) in [5, 5.41) is 62.7. The van der Waals surface area contributed by atoms with Gasteiger partial charge < -0.3 is 50.2 Å². The second-order valence-corrected chi connectivity index (χ2v) is 14.5. The summed E-state index contributed by atoms with van der Waals surface area (Å²) in [5.41, 5.74) is 4.82. The first kappa shape index (κ1) is 45.2. The predicted octanol–water partition coefficient (Wildman–Crippen LogP) is -1.18. The number of aromatic nitrogens is 2. The molecule has 3 aromatic rings. The molecule has 0 radical (unpaired) electrons. The van der Waals surface area contributed by atoms with Gasteiger partial charge in [-0.3, -0.25) is 24.7 Å². The zero-order valence-electron chi connectivity index (χ0n) is 31.3. The molecule has 0 fully saturated rings. The lowest BCUT2D eigenvalue weighted by Gasteiger charge is -2.25. The smallest absolute Gasteiger partial charge is 0.170 e. The fourth-order valence-electron chi connectivity index (χ4n) is 6.00. The molecule has 2 aromatic heterocycles. The third kappa shape index (κ3) is 18.4. The Morgan fingerprint density at radius 2 is 1.09 bits per heavy atom. The van der Waals surface area contributed by atoms with Crippen LogP contribution in [0.3, 0.4) is 0 Å². The quantitative estimate of drug-likeness (QED) is 0.0443. The molecule has 0 saturated heterocycles. The second-order valence-electron chi connectivity index (χ2n) is 13.3. The number of hydrogen-bond donors (Lipinski definition) is 2. The number of nitriles is 1. The van der Waals surface area contributed by atoms with Crippen molar-refractivity contribution in [2.45, 2.75) is 70.6 Å². The van der Waals surface area contributed by atoms with Gasteiger partial charge in [0.25, 0.3) is 0 Å². The molecule has 1 aromatic carbocycles. The van der Waals surface area contributed by atoms with Gasteiger partial charge in [0.1, 0.15) is 5.40 Å². The number of rotatable bonds is 25. The first-order valence-corrected chi connectivity index (χ1v) is 19.0. The molecule has 16 nitrogen and oxygen atoms in total. The molecule has 0 spiro atoms. The molecule has 300 valence electrons. The summed E-state index contributed by atoms with van der Waals surface area (Å²) < 4.78 is 0. The number of nitrogens with one attached hydrogen (secondary N) is 2. The number of carboxylic acid groups (broad SMARTS) is 4. The van der Waals surface area contributed by atoms with E-state index in [9.17, 15) is 39.6 Å². The number of unbranched alkanes of at least 4 members (excludes halogenated alkanes) is 3. The number of anilines is 1. The molecule has 0 bridgehead atoms. The molecule has 2 N–H and O–H groups in total. The van der Waals surface area contributed by atoms with Crippen LogP contribution in [-0.4, -0.2) is 92.9 Å². The fraction of sp³-hybridized carbons (Fsp3) is 0.421. The van der Waals surface area contributed by atoms with E-state index in [-0.39, 0.29) is 13.1 Å². The van der Waals surface area contributed by atoms with Crippen LogP contribution in [0.4, 0.5) is 5.69 Å². The molecular formula is C38H44N8O8S2-4. The van der Waals surface area contributed by atoms with Crippen molar-refractivity contribution in [3.05, 3.63) is 82.4 Å². The van der Waals surface area contributed by atoms with Gasteiger partial charge >= 0.3 is 0 Å². The van der Waals surface area contributed by atoms with Crippen LogP contribution < -0.4 is 31.1 Å². The van der Waals surface area contributed by atoms with E-state index < -0.39 is 50.1 Å². The highest BCUT2D eigenvalue weighted by Gasteiger charge is 2.15. The highest BCUT2D eigenvalue weighted by Crippen LogP contribution is 2.19. The highest BCUT2D eigenvalue weighted by molar-refractivity contribution is 8.03. The van der Waals surface area contributed by atoms with Gasteiger partial charge in [-0.25, -0.2) is 0 Å². The number of hydrogen-bond acceptors (Lipinski definition) is 16. The minimum atomic E-state index is -1.42. The maximum Gasteiger partial charge on any atom is 0.170 e. The summed E-state index contributed by atoms with van der Waals surface area (Å²) in [6, 6.07) is 14.7. The van der Waals surface area contributed by atoms with E-state index in [0.29, 0.717) is 54.1 Å². The molecule has 0 saturated carbocycles. The van der Waals surface area contributed by atoms with Gasteiger partial charge in [-0.15, -0.1) is 0 Å². The lowest BCUT2D eigenvalue weighted by Crippen LogP contribution is -2.43. The normalized spacial score (nSPS) is 11.1. The van der Waals surface area contributed by atoms with Crippen molar-refractivity contribution < 1.29 is 39.6 Å². The summed E-state index contributed by atoms with van der Waals surface area (Å²) in [5.74, 6) is -5.70. The van der Waals surface area contributed by atoms with Gasteiger partial charge in [-0.1, -0.05) is 12.8 Å². The van der Waals surface area contributed by atoms with Gasteiger partial charge in [0.15, 0.2) is 5.11 Å². The predicted molar refractivity (Wildman–Crippen MR) is 203 cm³/mol. The number of benzene rings is 1. The van der Waals surface area contributed by atoms with Crippen molar-refractivity contribution in [3.63, 3.8) is 0 Å². The zero-order chi connectivity index (χ0) is 41.0. The number of nitrogens with zero attached hydrogens (tertiary/aromatic N) is 6. The van der Waals surface area contributed by atoms with Gasteiger partial charge in [0.2, 0.25) is 0 Å². The van der Waals surface area contributed by atoms with Crippen molar-refractivity contribution in [2.24, 2.45) is 0 Å². The Morgan fingerprint density at radius 1 is 0.679 bits per heavy atom. The number of aryl methyl sites for hydroxylation is 2. The number of thioether (sulfide) groups is 1. The Labute approximate surface area is 335 Å². The number of carbonyl (C=O) groups excluding carboxylic acids is 4. The lowest BCUT2D eigenvalue weighted by molar-refractivity contribution is -0.313. The van der Waals surface area contributed by atoms with E-state index in [2.05, 4.69) is 15.5 Å². The number of pyridine rings is 2. The van der Waals surface area contributed by atoms with Gasteiger partial charge in [0, 0.05) is 69.5 Å². The Morgan fingerprint density at radius 3 is 1.50 bits per heavy atom. The van der Waals surface area contributed by atoms with Crippen molar-refractivity contribution >= 4 is 58.7 Å². The molecule has 0 aliphatic heterocycles. The average Bonchev–Trinajstić information content (AvgIpc) is 3.07. The number of thiocarbonyl (C=S) groups is 1. The molecule has 18 heteroatoms. The Hall–Kier alpha value is -5.19. The van der Waals surface area contributed by atoms with E-state index in [0.717, 1.165) is 59.2 Å². The maximum absolute atomic E-state index is 11.3. The third-order valence-electron chi connectivity index (χ3n) is 8.07. The highest BCUT2D eigenvalue weighted by atomic mass is 32.2. The van der Waals surface area contributed by atoms with Crippen molar-refractivity contribution in [1.29, 1.82) is 5.26 Å². The van der Waals surface area contributed by atoms with Crippen LogP contribution in [-0.2, 0) is 45.4 Å². The van der Waals surface area contributed by atoms with E-state index in [4.69, 9.17) is 27.4 Å². The van der Waals surface area contributed by atoms with Crippen LogP contribution in [0.25, 0.3) is 0 Å². The largest absolute Gasteiger partial charge is 0.549 e. The van der Waals surface area contributed by atoms with E-state index in [1.807, 2.05) is 55.6 Å². The Bertz CT molecular complexity index is 1740. The zero-order valence-corrected chi connectivity index (χ0v) is 32.9. The molecule has 0 aliphatic carbocycles. The number of thiocyanates is 1. The van der Waals surface area contributed by atoms with E-state index in [1.165, 1.54) is 9.80 Å². The molecule has 0 amide bonds. The lowest BCUT2D eigenvalue weighted by atomic mass is 10.1. The number of carbonyl (C=O) groups is 4. The summed E-state index contributed by atoms with van der Waals surface area (Å²) in [4.78, 5) is 59.8. The van der Waals surface area contributed by atoms with Crippen LogP contribution in [0.15, 0.2) is 53.4 Å². The van der Waals surface area contributed by atoms with Crippen LogP contribution in [0, 0.1) is 24.5 Å². The first-order chi connectivity index (χ1) is 26.7. The minimum Gasteiger partial charge on any atom is -0.549 e. The monoisotopic (exact) mass is 804 g/mol. The third-order valence-corrected chi connectivity index (χ3v) is 8.91. The van der Waals surface area contributed by atoms with Crippen LogP contribution in [0.2, 0.25) is 0 Å². The Balaban J connectivity index is 1.69. The minimum absolute atomic E-state index is 0.0472. The molecular weight excluding hydrogens is 761 g/mol. The first-order valence-electron chi connectivity index (χ1n) is 17.8. The van der Waals surface area contributed by atoms with E-state index in [1.54, 1.807) is 12.1 Å². The Kier molecular flexibility index (Phi) is 19.1. The van der Waals surface area contributed by atoms with Crippen LogP contribution in [0.5, 0.6) is 0 Å². The summed E-state index contributed by atoms with van der Waals surface area (Å²) in [6.07, 6.45) is 3.51. The molecule has 56 heavy (non-hydrogen) atoms. The van der Waals surface area contributed by atoms with Crippen molar-refractivity contribution in [2.75, 3.05) is 44.6 Å². The van der Waals surface area contributed by atoms with Crippen LogP contribution >= 0.6 is 24.0 Å². The number of aliphatic carboxylic acids is 4. The SMILES string of the molecule is Cc1cc(CN(CC(=O)[O-])CC(=O)[O-])nc(CN(CCCCCCNC(=S)Nc2ccc(SC#N)cc2)Cc2cc(C)cc(CN(CC(=O)[O-])CC(=O)[O-])n2)c1. The van der Waals surface area contributed by atoms with Crippen molar-refractivity contribution in [1.82, 2.24) is 30.0 Å². The summed E-state index contributed by atoms with van der Waals surface area (Å²) in [7, 11) is 0. The van der Waals surface area contributed by atoms with Crippen LogP contribution in [0.1, 0.15) is 59.6 Å². The molecule has 2 heterocycles. The maximum atomic E-state index is 11.3. The summed E-state index contributed by atoms with van der Waals surface area (Å²) in [6.45, 7) is 3.27. The van der Waals surface area contributed by atoms with Gasteiger partial charge in [0.05, 0.1) is 46.7 Å². The standard InChI is InChI=1S/C38H48N8O8S2/c1-26-13-29(41-31(15-26)19-45(21-34(47)48)22-35(49)50)17-44(18-30-14-27(2)16-32(42-30)20-46(23-36(51)52)24-37(53)54)12-6-4-3-5-11-40-38(55)43-28-7-9-33(10-8-28)56-25-39/h7-10,13-16H,3-6,11-12,17-24H2,1-2H3,(H,47,48)(H,49,50)(H,51,52)(H,53,54)(H2,40,43,55)/p-4. The topological polar surface area (TPSA) is 244 Å². The molecule has 3 rings (SSSR count). The molecule has 0 aliphatic rings. The fourth-order valence-corrected chi connectivity index (χ4v) is 6.60. The van der Waals surface area contributed by atoms with Crippen molar-refractivity contribution in [3.8, 4) is 5.40 Å². The molecule has 0 unspecified atom stereocenters. The average molecular weight is 805 g/mol. The van der Waals surface area contributed by atoms with E-state index >= 15 is 0 Å². The molecule has 0 atom stereocenters. The second kappa shape index (κ2) is 23.7. The number of carboxylic acids is 4. The summed E-state index contributed by atoms with van der Waals surface area (Å²) >= 11 is 6.50. The van der Waals surface area contributed by atoms with Gasteiger partial charge in [-0.2, -0.15) is 5.26 Å². The van der Waals surface area contributed by atoms with Gasteiger partial charge in [-0.05, 0) is 117 Å².